The van der Waals surface area contributed by atoms with Gasteiger partial charge in [-0.2, -0.15) is 5.10 Å². The zero-order valence-corrected chi connectivity index (χ0v) is 14.6. The predicted octanol–water partition coefficient (Wildman–Crippen LogP) is 2.25. The van der Waals surface area contributed by atoms with Crippen LogP contribution in [0.2, 0.25) is 0 Å². The lowest BCUT2D eigenvalue weighted by molar-refractivity contribution is -0.117. The van der Waals surface area contributed by atoms with Crippen molar-refractivity contribution in [3.8, 4) is 0 Å². The van der Waals surface area contributed by atoms with Crippen LogP contribution in [0.5, 0.6) is 0 Å². The van der Waals surface area contributed by atoms with Crippen molar-refractivity contribution in [3.63, 3.8) is 0 Å². The summed E-state index contributed by atoms with van der Waals surface area (Å²) in [5.41, 5.74) is 2.27. The number of carbonyl (C=O) groups is 2. The van der Waals surface area contributed by atoms with Gasteiger partial charge in [0, 0.05) is 36.9 Å². The number of hydrogen-bond acceptors (Lipinski definition) is 4. The number of nitrogens with one attached hydrogen (secondary N) is 2. The fraction of sp³-hybridized carbons (Fsp3) is 0.100. The third kappa shape index (κ3) is 5.93. The number of benzene rings is 1. The van der Waals surface area contributed by atoms with Crippen LogP contribution < -0.4 is 10.6 Å². The van der Waals surface area contributed by atoms with Crippen molar-refractivity contribution in [3.05, 3.63) is 84.5 Å². The minimum absolute atomic E-state index is 0.145. The van der Waals surface area contributed by atoms with E-state index < -0.39 is 0 Å². The average Bonchev–Trinajstić information content (AvgIpc) is 3.18. The van der Waals surface area contributed by atoms with Crippen LogP contribution in [0.1, 0.15) is 11.3 Å². The summed E-state index contributed by atoms with van der Waals surface area (Å²) in [6.07, 6.45) is 8.12. The van der Waals surface area contributed by atoms with Gasteiger partial charge in [-0.3, -0.25) is 19.3 Å². The number of pyridine rings is 1. The Balaban J connectivity index is 1.50. The highest BCUT2D eigenvalue weighted by Crippen LogP contribution is 2.11. The van der Waals surface area contributed by atoms with Crippen LogP contribution in [0.3, 0.4) is 0 Å². The van der Waals surface area contributed by atoms with Crippen LogP contribution in [0, 0.1) is 0 Å². The maximum Gasteiger partial charge on any atom is 0.246 e. The highest BCUT2D eigenvalue weighted by atomic mass is 16.2. The van der Waals surface area contributed by atoms with Gasteiger partial charge in [-0.1, -0.05) is 18.2 Å². The van der Waals surface area contributed by atoms with Crippen LogP contribution in [0.25, 0.3) is 6.08 Å². The van der Waals surface area contributed by atoms with Gasteiger partial charge in [0.2, 0.25) is 11.8 Å². The summed E-state index contributed by atoms with van der Waals surface area (Å²) >= 11 is 0. The van der Waals surface area contributed by atoms with E-state index in [0.29, 0.717) is 12.2 Å². The maximum atomic E-state index is 12.0. The minimum atomic E-state index is -0.214. The Morgan fingerprint density at radius 3 is 2.78 bits per heavy atom. The lowest BCUT2D eigenvalue weighted by Crippen LogP contribution is -2.21. The first-order valence-corrected chi connectivity index (χ1v) is 8.42. The SMILES string of the molecule is O=C(C=Cc1ccccn1)NCc1cccc(NC(=O)Cn2cccn2)c1. The molecule has 0 saturated heterocycles. The van der Waals surface area contributed by atoms with Crippen LogP contribution >= 0.6 is 0 Å². The normalized spacial score (nSPS) is 10.7. The molecule has 1 aromatic carbocycles. The van der Waals surface area contributed by atoms with E-state index in [1.807, 2.05) is 36.4 Å². The molecule has 0 spiro atoms. The standard InChI is InChI=1S/C20H19N5O2/c26-19(9-8-17-6-1-2-10-21-17)22-14-16-5-3-7-18(13-16)24-20(27)15-25-12-4-11-23-25/h1-13H,14-15H2,(H,22,26)(H,24,27). The smallest absolute Gasteiger partial charge is 0.246 e. The quantitative estimate of drug-likeness (QED) is 0.632. The van der Waals surface area contributed by atoms with Gasteiger partial charge in [0.1, 0.15) is 6.54 Å². The van der Waals surface area contributed by atoms with Crippen molar-refractivity contribution in [2.24, 2.45) is 0 Å². The van der Waals surface area contributed by atoms with Gasteiger partial charge >= 0.3 is 0 Å². The van der Waals surface area contributed by atoms with Crippen molar-refractivity contribution in [1.29, 1.82) is 0 Å². The van der Waals surface area contributed by atoms with Crippen LogP contribution in [-0.2, 0) is 22.7 Å². The molecule has 7 heteroatoms. The molecule has 7 nitrogen and oxygen atoms in total. The summed E-state index contributed by atoms with van der Waals surface area (Å²) in [7, 11) is 0. The second-order valence-electron chi connectivity index (χ2n) is 5.76. The van der Waals surface area contributed by atoms with E-state index >= 15 is 0 Å². The Morgan fingerprint density at radius 1 is 1.07 bits per heavy atom. The van der Waals surface area contributed by atoms with Gasteiger partial charge < -0.3 is 10.6 Å². The molecule has 2 aromatic heterocycles. The summed E-state index contributed by atoms with van der Waals surface area (Å²) < 4.78 is 1.55. The molecule has 0 aliphatic heterocycles. The molecule has 2 heterocycles. The molecule has 136 valence electrons. The summed E-state index contributed by atoms with van der Waals surface area (Å²) in [5, 5.41) is 9.63. The first-order chi connectivity index (χ1) is 13.2. The number of nitrogens with zero attached hydrogens (tertiary/aromatic N) is 3. The van der Waals surface area contributed by atoms with Crippen LogP contribution in [0.4, 0.5) is 5.69 Å². The van der Waals surface area contributed by atoms with Crippen molar-refractivity contribution in [2.45, 2.75) is 13.1 Å². The molecule has 0 unspecified atom stereocenters. The lowest BCUT2D eigenvalue weighted by atomic mass is 10.2. The highest BCUT2D eigenvalue weighted by Gasteiger charge is 2.05. The van der Waals surface area contributed by atoms with Gasteiger partial charge in [0.15, 0.2) is 0 Å². The number of hydrogen-bond donors (Lipinski definition) is 2. The van der Waals surface area contributed by atoms with E-state index in [2.05, 4.69) is 20.7 Å². The van der Waals surface area contributed by atoms with Gasteiger partial charge in [0.25, 0.3) is 0 Å². The summed E-state index contributed by atoms with van der Waals surface area (Å²) in [4.78, 5) is 28.1. The number of aromatic nitrogens is 3. The molecule has 0 saturated carbocycles. The third-order valence-electron chi connectivity index (χ3n) is 3.64. The van der Waals surface area contributed by atoms with Gasteiger partial charge in [0.05, 0.1) is 5.69 Å². The largest absolute Gasteiger partial charge is 0.348 e. The Labute approximate surface area is 156 Å². The zero-order valence-electron chi connectivity index (χ0n) is 14.6. The highest BCUT2D eigenvalue weighted by molar-refractivity contribution is 5.92. The summed E-state index contributed by atoms with van der Waals surface area (Å²) in [6, 6.07) is 14.6. The van der Waals surface area contributed by atoms with Gasteiger partial charge in [-0.25, -0.2) is 0 Å². The second kappa shape index (κ2) is 9.10. The topological polar surface area (TPSA) is 88.9 Å². The molecule has 3 aromatic rings. The Morgan fingerprint density at radius 2 is 2.00 bits per heavy atom. The van der Waals surface area contributed by atoms with Crippen LogP contribution in [-0.4, -0.2) is 26.6 Å². The number of carbonyl (C=O) groups excluding carboxylic acids is 2. The molecule has 0 aliphatic rings. The van der Waals surface area contributed by atoms with Crippen molar-refractivity contribution >= 4 is 23.6 Å². The van der Waals surface area contributed by atoms with Crippen molar-refractivity contribution in [1.82, 2.24) is 20.1 Å². The lowest BCUT2D eigenvalue weighted by Gasteiger charge is -2.08. The fourth-order valence-electron chi connectivity index (χ4n) is 2.38. The van der Waals surface area contributed by atoms with Crippen molar-refractivity contribution in [2.75, 3.05) is 5.32 Å². The number of rotatable bonds is 7. The molecular formula is C20H19N5O2. The van der Waals surface area contributed by atoms with Gasteiger partial charge in [-0.05, 0) is 42.0 Å². The van der Waals surface area contributed by atoms with E-state index in [4.69, 9.17) is 0 Å². The first-order valence-electron chi connectivity index (χ1n) is 8.42. The van der Waals surface area contributed by atoms with E-state index in [1.165, 1.54) is 6.08 Å². The molecule has 0 bridgehead atoms. The van der Waals surface area contributed by atoms with E-state index in [0.717, 1.165) is 11.3 Å². The first kappa shape index (κ1) is 18.1. The second-order valence-corrected chi connectivity index (χ2v) is 5.76. The minimum Gasteiger partial charge on any atom is -0.348 e. The van der Waals surface area contributed by atoms with Crippen molar-refractivity contribution < 1.29 is 9.59 Å². The number of amides is 2. The molecule has 0 aliphatic carbocycles. The molecule has 2 N–H and O–H groups in total. The molecule has 0 fully saturated rings. The Hall–Kier alpha value is -3.74. The summed E-state index contributed by atoms with van der Waals surface area (Å²) in [5.74, 6) is -0.382. The fourth-order valence-corrected chi connectivity index (χ4v) is 2.38. The molecular weight excluding hydrogens is 342 g/mol. The zero-order chi connectivity index (χ0) is 18.9. The Kier molecular flexibility index (Phi) is 6.08. The predicted molar refractivity (Wildman–Crippen MR) is 102 cm³/mol. The van der Waals surface area contributed by atoms with Crippen LogP contribution in [0.15, 0.2) is 73.2 Å². The molecule has 27 heavy (non-hydrogen) atoms. The molecule has 0 atom stereocenters. The number of anilines is 1. The van der Waals surface area contributed by atoms with E-state index in [9.17, 15) is 9.59 Å². The van der Waals surface area contributed by atoms with E-state index in [-0.39, 0.29) is 18.4 Å². The third-order valence-corrected chi connectivity index (χ3v) is 3.64. The summed E-state index contributed by atoms with van der Waals surface area (Å²) in [6.45, 7) is 0.501. The maximum absolute atomic E-state index is 12.0. The monoisotopic (exact) mass is 361 g/mol. The molecule has 3 rings (SSSR count). The van der Waals surface area contributed by atoms with Gasteiger partial charge in [-0.15, -0.1) is 0 Å². The molecule has 0 radical (unpaired) electrons. The average molecular weight is 361 g/mol. The van der Waals surface area contributed by atoms with E-state index in [1.54, 1.807) is 41.5 Å². The Bertz CT molecular complexity index is 921. The molecule has 2 amide bonds.